The van der Waals surface area contributed by atoms with Crippen LogP contribution in [0.15, 0.2) is 47.5 Å². The van der Waals surface area contributed by atoms with E-state index in [9.17, 15) is 12.8 Å². The number of halogens is 1. The lowest BCUT2D eigenvalue weighted by Gasteiger charge is -2.08. The van der Waals surface area contributed by atoms with Crippen molar-refractivity contribution in [2.75, 3.05) is 11.9 Å². The van der Waals surface area contributed by atoms with Gasteiger partial charge in [-0.3, -0.25) is 0 Å². The van der Waals surface area contributed by atoms with Gasteiger partial charge in [0.2, 0.25) is 10.0 Å². The smallest absolute Gasteiger partial charge is 0.241 e. The molecule has 0 saturated carbocycles. The van der Waals surface area contributed by atoms with Crippen LogP contribution >= 0.6 is 0 Å². The number of sulfonamides is 1. The van der Waals surface area contributed by atoms with E-state index in [1.807, 2.05) is 6.92 Å². The molecule has 0 radical (unpaired) electrons. The van der Waals surface area contributed by atoms with Crippen molar-refractivity contribution in [2.24, 2.45) is 0 Å². The summed E-state index contributed by atoms with van der Waals surface area (Å²) in [5.41, 5.74) is 0.681. The molecule has 0 atom stereocenters. The molecular weight excluding hydrogens is 293 g/mol. The molecule has 1 heterocycles. The maximum absolute atomic E-state index is 12.8. The van der Waals surface area contributed by atoms with Gasteiger partial charge in [0.15, 0.2) is 0 Å². The highest BCUT2D eigenvalue weighted by molar-refractivity contribution is 7.89. The molecule has 1 aromatic heterocycles. The summed E-state index contributed by atoms with van der Waals surface area (Å²) in [5, 5.41) is 2.96. The lowest BCUT2D eigenvalue weighted by Crippen LogP contribution is -2.23. The lowest BCUT2D eigenvalue weighted by atomic mass is 10.2. The van der Waals surface area contributed by atoms with Crippen LogP contribution in [-0.4, -0.2) is 19.9 Å². The molecule has 2 N–H and O–H groups in total. The third-order valence-corrected chi connectivity index (χ3v) is 4.18. The van der Waals surface area contributed by atoms with E-state index in [4.69, 9.17) is 0 Å². The molecule has 0 spiro atoms. The summed E-state index contributed by atoms with van der Waals surface area (Å²) in [6.07, 6.45) is 1.43. The molecule has 2 aromatic rings. The van der Waals surface area contributed by atoms with Crippen molar-refractivity contribution < 1.29 is 12.8 Å². The molecule has 0 aliphatic rings. The Labute approximate surface area is 123 Å². The zero-order chi connectivity index (χ0) is 15.3. The highest BCUT2D eigenvalue weighted by atomic mass is 32.2. The first-order valence-electron chi connectivity index (χ1n) is 6.45. The predicted octanol–water partition coefficient (Wildman–Crippen LogP) is 2.13. The van der Waals surface area contributed by atoms with Crippen LogP contribution in [0.25, 0.3) is 0 Å². The molecule has 0 unspecified atom stereocenters. The van der Waals surface area contributed by atoms with Crippen molar-refractivity contribution >= 4 is 15.8 Å². The minimum absolute atomic E-state index is 0.0987. The van der Waals surface area contributed by atoms with Crippen molar-refractivity contribution in [3.63, 3.8) is 0 Å². The molecule has 1 aromatic carbocycles. The number of anilines is 1. The molecule has 0 saturated heterocycles. The zero-order valence-electron chi connectivity index (χ0n) is 11.5. The minimum Gasteiger partial charge on any atom is -0.370 e. The van der Waals surface area contributed by atoms with Crippen molar-refractivity contribution in [1.29, 1.82) is 0 Å². The highest BCUT2D eigenvalue weighted by Crippen LogP contribution is 2.13. The third-order valence-electron chi connectivity index (χ3n) is 2.78. The number of aromatic nitrogens is 1. The van der Waals surface area contributed by atoms with E-state index in [1.165, 1.54) is 42.6 Å². The van der Waals surface area contributed by atoms with Crippen molar-refractivity contribution in [3.05, 3.63) is 54.0 Å². The summed E-state index contributed by atoms with van der Waals surface area (Å²) in [4.78, 5) is 4.16. The number of nitrogens with one attached hydrogen (secondary N) is 2. The number of nitrogens with zero attached hydrogens (tertiary/aromatic N) is 1. The fourth-order valence-electron chi connectivity index (χ4n) is 1.72. The second-order valence-electron chi connectivity index (χ2n) is 4.36. The Morgan fingerprint density at radius 3 is 2.57 bits per heavy atom. The summed E-state index contributed by atoms with van der Waals surface area (Å²) in [6.45, 7) is 2.65. The highest BCUT2D eigenvalue weighted by Gasteiger charge is 2.14. The van der Waals surface area contributed by atoms with Crippen LogP contribution in [0.3, 0.4) is 0 Å². The van der Waals surface area contributed by atoms with Crippen molar-refractivity contribution in [3.8, 4) is 0 Å². The Balaban J connectivity index is 2.11. The van der Waals surface area contributed by atoms with Gasteiger partial charge in [-0.15, -0.1) is 0 Å². The fraction of sp³-hybridized carbons (Fsp3) is 0.214. The Morgan fingerprint density at radius 2 is 1.90 bits per heavy atom. The van der Waals surface area contributed by atoms with Gasteiger partial charge in [0.1, 0.15) is 11.6 Å². The number of benzene rings is 1. The van der Waals surface area contributed by atoms with Gasteiger partial charge in [-0.05, 0) is 30.7 Å². The van der Waals surface area contributed by atoms with E-state index >= 15 is 0 Å². The van der Waals surface area contributed by atoms with E-state index in [0.717, 1.165) is 0 Å². The van der Waals surface area contributed by atoms with Gasteiger partial charge < -0.3 is 5.32 Å². The first-order valence-corrected chi connectivity index (χ1v) is 7.93. The Kier molecular flexibility index (Phi) is 4.87. The first-order chi connectivity index (χ1) is 10.0. The van der Waals surface area contributed by atoms with E-state index in [2.05, 4.69) is 15.0 Å². The molecular formula is C14H16FN3O2S. The van der Waals surface area contributed by atoms with Crippen LogP contribution in [-0.2, 0) is 16.6 Å². The predicted molar refractivity (Wildman–Crippen MR) is 78.8 cm³/mol. The van der Waals surface area contributed by atoms with Gasteiger partial charge in [0.25, 0.3) is 0 Å². The van der Waals surface area contributed by atoms with Gasteiger partial charge in [0.05, 0.1) is 4.90 Å². The Hall–Kier alpha value is -1.99. The van der Waals surface area contributed by atoms with Crippen LogP contribution in [0.4, 0.5) is 10.2 Å². The molecule has 21 heavy (non-hydrogen) atoms. The topological polar surface area (TPSA) is 71.1 Å². The van der Waals surface area contributed by atoms with Crippen LogP contribution in [0.1, 0.15) is 12.5 Å². The monoisotopic (exact) mass is 309 g/mol. The Morgan fingerprint density at radius 1 is 1.19 bits per heavy atom. The Bertz CT molecular complexity index is 702. The number of hydrogen-bond donors (Lipinski definition) is 2. The standard InChI is InChI=1S/C14H16FN3O2S/c1-2-16-14-9-13(7-8-17-14)21(19,20)18-10-11-3-5-12(15)6-4-11/h3-9,18H,2,10H2,1H3,(H,16,17). The molecule has 0 bridgehead atoms. The molecule has 0 aliphatic heterocycles. The maximum Gasteiger partial charge on any atom is 0.241 e. The van der Waals surface area contributed by atoms with Crippen molar-refractivity contribution in [2.45, 2.75) is 18.4 Å². The van der Waals surface area contributed by atoms with Crippen LogP contribution in [0, 0.1) is 5.82 Å². The van der Waals surface area contributed by atoms with Crippen LogP contribution in [0.5, 0.6) is 0 Å². The molecule has 0 amide bonds. The minimum atomic E-state index is -3.63. The molecule has 0 aliphatic carbocycles. The van der Waals surface area contributed by atoms with Gasteiger partial charge in [-0.2, -0.15) is 0 Å². The van der Waals surface area contributed by atoms with Gasteiger partial charge in [0, 0.05) is 25.4 Å². The van der Waals surface area contributed by atoms with Gasteiger partial charge >= 0.3 is 0 Å². The SMILES string of the molecule is CCNc1cc(S(=O)(=O)NCc2ccc(F)cc2)ccn1. The molecule has 7 heteroatoms. The zero-order valence-corrected chi connectivity index (χ0v) is 12.3. The molecule has 0 fully saturated rings. The van der Waals surface area contributed by atoms with Crippen LogP contribution < -0.4 is 10.0 Å². The quantitative estimate of drug-likeness (QED) is 0.857. The molecule has 5 nitrogen and oxygen atoms in total. The van der Waals surface area contributed by atoms with E-state index in [-0.39, 0.29) is 17.3 Å². The van der Waals surface area contributed by atoms with Gasteiger partial charge in [-0.1, -0.05) is 12.1 Å². The normalized spacial score (nSPS) is 11.3. The second kappa shape index (κ2) is 6.64. The molecule has 112 valence electrons. The third kappa shape index (κ3) is 4.24. The lowest BCUT2D eigenvalue weighted by molar-refractivity contribution is 0.581. The average molecular weight is 309 g/mol. The van der Waals surface area contributed by atoms with Crippen LogP contribution in [0.2, 0.25) is 0 Å². The maximum atomic E-state index is 12.8. The number of rotatable bonds is 6. The number of hydrogen-bond acceptors (Lipinski definition) is 4. The fourth-order valence-corrected chi connectivity index (χ4v) is 2.75. The summed E-state index contributed by atoms with van der Waals surface area (Å²) in [6, 6.07) is 8.55. The first kappa shape index (κ1) is 15.4. The van der Waals surface area contributed by atoms with E-state index in [1.54, 1.807) is 0 Å². The summed E-state index contributed by atoms with van der Waals surface area (Å²) >= 11 is 0. The summed E-state index contributed by atoms with van der Waals surface area (Å²) in [7, 11) is -3.63. The second-order valence-corrected chi connectivity index (χ2v) is 6.13. The molecule has 2 rings (SSSR count). The van der Waals surface area contributed by atoms with Gasteiger partial charge in [-0.25, -0.2) is 22.5 Å². The number of pyridine rings is 1. The van der Waals surface area contributed by atoms with E-state index < -0.39 is 10.0 Å². The summed E-state index contributed by atoms with van der Waals surface area (Å²) in [5.74, 6) is 0.146. The van der Waals surface area contributed by atoms with Crippen molar-refractivity contribution in [1.82, 2.24) is 9.71 Å². The van der Waals surface area contributed by atoms with E-state index in [0.29, 0.717) is 17.9 Å². The summed E-state index contributed by atoms with van der Waals surface area (Å²) < 4.78 is 39.6. The largest absolute Gasteiger partial charge is 0.370 e. The average Bonchev–Trinajstić information content (AvgIpc) is 2.47.